The molecule has 4 aromatic rings. The molecule has 0 saturated heterocycles. The van der Waals surface area contributed by atoms with Gasteiger partial charge in [0, 0.05) is 23.1 Å². The third-order valence-electron chi connectivity index (χ3n) is 5.56. The molecule has 12 heteroatoms. The fourth-order valence-electron chi connectivity index (χ4n) is 3.79. The van der Waals surface area contributed by atoms with E-state index in [0.717, 1.165) is 0 Å². The highest BCUT2D eigenvalue weighted by Crippen LogP contribution is 2.29. The number of hydrogen-bond acceptors (Lipinski definition) is 8. The Morgan fingerprint density at radius 1 is 1.19 bits per heavy atom. The zero-order valence-corrected chi connectivity index (χ0v) is 20.2. The second kappa shape index (κ2) is 11.0. The van der Waals surface area contributed by atoms with Gasteiger partial charge < -0.3 is 15.1 Å². The Balaban J connectivity index is 1.39. The number of nitrogens with one attached hydrogen (secondary N) is 2. The third-order valence-corrected chi connectivity index (χ3v) is 5.80. The lowest BCUT2D eigenvalue weighted by Gasteiger charge is -2.12. The maximum atomic E-state index is 12.9. The van der Waals surface area contributed by atoms with Gasteiger partial charge in [0.15, 0.2) is 0 Å². The molecular formula is C25H21ClN8O3. The molecule has 0 saturated carbocycles. The van der Waals surface area contributed by atoms with Crippen molar-refractivity contribution in [2.75, 3.05) is 5.32 Å². The van der Waals surface area contributed by atoms with Crippen LogP contribution in [0.25, 0.3) is 23.2 Å². The number of amides is 2. The molecule has 11 nitrogen and oxygen atoms in total. The van der Waals surface area contributed by atoms with Crippen LogP contribution in [0.2, 0.25) is 5.02 Å². The lowest BCUT2D eigenvalue weighted by atomic mass is 10.1. The first-order valence-electron chi connectivity index (χ1n) is 11.5. The van der Waals surface area contributed by atoms with E-state index in [1.807, 2.05) is 24.3 Å². The van der Waals surface area contributed by atoms with Gasteiger partial charge in [0.2, 0.25) is 23.6 Å². The SMILES string of the molecule is O=C(/C=C/c1cc(Cl)ccc1-n1cnnn1)N[C@H]1C/C=C\CCC(=O)Nc2ccccc2-c2nnc1o2. The van der Waals surface area contributed by atoms with Crippen LogP contribution < -0.4 is 10.6 Å². The van der Waals surface area contributed by atoms with E-state index in [1.54, 1.807) is 36.4 Å². The number of halogens is 1. The number of para-hydroxylation sites is 1. The van der Waals surface area contributed by atoms with Crippen LogP contribution in [0, 0.1) is 0 Å². The van der Waals surface area contributed by atoms with E-state index in [9.17, 15) is 9.59 Å². The molecular weight excluding hydrogens is 496 g/mol. The number of fused-ring (bicyclic) bond motifs is 4. The number of carbonyl (C=O) groups is 2. The molecule has 1 atom stereocenters. The number of aromatic nitrogens is 6. The van der Waals surface area contributed by atoms with Gasteiger partial charge in [-0.1, -0.05) is 35.9 Å². The van der Waals surface area contributed by atoms with Gasteiger partial charge in [0.05, 0.1) is 16.9 Å². The third kappa shape index (κ3) is 5.78. The van der Waals surface area contributed by atoms with Gasteiger partial charge in [0.25, 0.3) is 0 Å². The molecule has 5 rings (SSSR count). The highest BCUT2D eigenvalue weighted by Gasteiger charge is 2.22. The molecule has 1 aliphatic rings. The summed E-state index contributed by atoms with van der Waals surface area (Å²) in [5.41, 5.74) is 2.49. The number of hydrogen-bond donors (Lipinski definition) is 2. The van der Waals surface area contributed by atoms with E-state index in [0.29, 0.717) is 46.8 Å². The highest BCUT2D eigenvalue weighted by molar-refractivity contribution is 6.30. The largest absolute Gasteiger partial charge is 0.418 e. The monoisotopic (exact) mass is 516 g/mol. The van der Waals surface area contributed by atoms with Crippen molar-refractivity contribution >= 4 is 35.2 Å². The zero-order chi connectivity index (χ0) is 25.6. The zero-order valence-electron chi connectivity index (χ0n) is 19.4. The first-order valence-corrected chi connectivity index (χ1v) is 11.8. The van der Waals surface area contributed by atoms with Gasteiger partial charge in [0.1, 0.15) is 12.4 Å². The van der Waals surface area contributed by atoms with Crippen molar-refractivity contribution in [1.82, 2.24) is 35.7 Å². The number of anilines is 1. The fourth-order valence-corrected chi connectivity index (χ4v) is 3.97. The van der Waals surface area contributed by atoms with Crippen molar-refractivity contribution < 1.29 is 14.0 Å². The first-order chi connectivity index (χ1) is 18.1. The van der Waals surface area contributed by atoms with Gasteiger partial charge >= 0.3 is 0 Å². The molecule has 0 unspecified atom stereocenters. The topological polar surface area (TPSA) is 141 Å². The summed E-state index contributed by atoms with van der Waals surface area (Å²) in [5, 5.41) is 25.8. The van der Waals surface area contributed by atoms with Gasteiger partial charge in [-0.15, -0.1) is 15.3 Å². The summed E-state index contributed by atoms with van der Waals surface area (Å²) in [4.78, 5) is 25.2. The number of tetrazole rings is 1. The van der Waals surface area contributed by atoms with E-state index in [-0.39, 0.29) is 23.6 Å². The number of benzene rings is 2. The predicted octanol–water partition coefficient (Wildman–Crippen LogP) is 3.92. The Morgan fingerprint density at radius 2 is 2.08 bits per heavy atom. The maximum Gasteiger partial charge on any atom is 0.249 e. The van der Waals surface area contributed by atoms with Crippen LogP contribution in [0.4, 0.5) is 5.69 Å². The van der Waals surface area contributed by atoms with Crippen molar-refractivity contribution in [2.45, 2.75) is 25.3 Å². The van der Waals surface area contributed by atoms with E-state index in [1.165, 1.54) is 17.1 Å². The van der Waals surface area contributed by atoms with Crippen LogP contribution in [0.1, 0.15) is 36.8 Å². The van der Waals surface area contributed by atoms with Crippen LogP contribution >= 0.6 is 11.6 Å². The van der Waals surface area contributed by atoms with Crippen LogP contribution in [0.3, 0.4) is 0 Å². The molecule has 37 heavy (non-hydrogen) atoms. The molecule has 3 heterocycles. The Bertz CT molecular complexity index is 1480. The molecule has 0 fully saturated rings. The van der Waals surface area contributed by atoms with Crippen molar-refractivity contribution in [1.29, 1.82) is 0 Å². The van der Waals surface area contributed by atoms with Crippen molar-refractivity contribution in [2.24, 2.45) is 0 Å². The second-order valence-corrected chi connectivity index (χ2v) is 8.57. The molecule has 2 N–H and O–H groups in total. The van der Waals surface area contributed by atoms with Gasteiger partial charge in [-0.3, -0.25) is 9.59 Å². The van der Waals surface area contributed by atoms with E-state index >= 15 is 0 Å². The van der Waals surface area contributed by atoms with Crippen molar-refractivity contribution in [3.05, 3.63) is 83.5 Å². The van der Waals surface area contributed by atoms with Gasteiger partial charge in [-0.25, -0.2) is 0 Å². The van der Waals surface area contributed by atoms with Crippen LogP contribution in [-0.2, 0) is 9.59 Å². The minimum absolute atomic E-state index is 0.117. The Kier molecular flexibility index (Phi) is 7.13. The number of rotatable bonds is 4. The molecule has 1 aliphatic heterocycles. The van der Waals surface area contributed by atoms with Crippen molar-refractivity contribution in [3.63, 3.8) is 0 Å². The van der Waals surface area contributed by atoms with E-state index < -0.39 is 6.04 Å². The average molecular weight is 517 g/mol. The number of carbonyl (C=O) groups excluding carboxylic acids is 2. The van der Waals surface area contributed by atoms with Gasteiger partial charge in [-0.05, 0) is 59.7 Å². The van der Waals surface area contributed by atoms with Crippen LogP contribution in [0.15, 0.2) is 71.4 Å². The Hall–Kier alpha value is -4.64. The second-order valence-electron chi connectivity index (χ2n) is 8.14. The molecule has 2 aromatic carbocycles. The summed E-state index contributed by atoms with van der Waals surface area (Å²) in [6.07, 6.45) is 9.51. The molecule has 0 spiro atoms. The minimum Gasteiger partial charge on any atom is -0.418 e. The average Bonchev–Trinajstić information content (AvgIpc) is 3.60. The molecule has 2 bridgehead atoms. The van der Waals surface area contributed by atoms with E-state index in [2.05, 4.69) is 36.4 Å². The van der Waals surface area contributed by atoms with Crippen LogP contribution in [-0.4, -0.2) is 42.2 Å². The molecule has 0 aliphatic carbocycles. The fraction of sp³-hybridized carbons (Fsp3) is 0.160. The summed E-state index contributed by atoms with van der Waals surface area (Å²) in [5.74, 6) is 0.00308. The summed E-state index contributed by atoms with van der Waals surface area (Å²) in [6.45, 7) is 0. The Morgan fingerprint density at radius 3 is 2.95 bits per heavy atom. The van der Waals surface area contributed by atoms with Crippen molar-refractivity contribution in [3.8, 4) is 17.1 Å². The quantitative estimate of drug-likeness (QED) is 0.307. The summed E-state index contributed by atoms with van der Waals surface area (Å²) >= 11 is 6.16. The Labute approximate surface area is 216 Å². The predicted molar refractivity (Wildman–Crippen MR) is 135 cm³/mol. The van der Waals surface area contributed by atoms with E-state index in [4.69, 9.17) is 16.0 Å². The minimum atomic E-state index is -0.579. The molecule has 0 radical (unpaired) electrons. The molecule has 2 amide bonds. The van der Waals surface area contributed by atoms with Gasteiger partial charge in [-0.2, -0.15) is 4.68 Å². The summed E-state index contributed by atoms with van der Waals surface area (Å²) in [7, 11) is 0. The standard InChI is InChI=1S/C25H21ClN8O3/c26-17-11-12-21(34-15-27-32-33-34)16(14-17)10-13-23(36)29-20-8-2-1-3-9-22(35)28-19-7-5-4-6-18(19)24-30-31-25(20)37-24/h1-2,4-7,10-15,20H,3,8-9H2,(H,28,35)(H,29,36)/b2-1-,13-10+/t20-/m0/s1. The molecule has 186 valence electrons. The molecule has 2 aromatic heterocycles. The highest BCUT2D eigenvalue weighted by atomic mass is 35.5. The normalized spacial score (nSPS) is 16.7. The number of nitrogens with zero attached hydrogens (tertiary/aromatic N) is 6. The smallest absolute Gasteiger partial charge is 0.249 e. The lowest BCUT2D eigenvalue weighted by molar-refractivity contribution is -0.117. The van der Waals surface area contributed by atoms with Crippen LogP contribution in [0.5, 0.6) is 0 Å². The first kappa shape index (κ1) is 24.1. The summed E-state index contributed by atoms with van der Waals surface area (Å²) in [6, 6.07) is 11.8. The maximum absolute atomic E-state index is 12.9. The number of allylic oxidation sites excluding steroid dienone is 1. The lowest BCUT2D eigenvalue weighted by Crippen LogP contribution is -2.26. The summed E-state index contributed by atoms with van der Waals surface area (Å²) < 4.78 is 7.41.